The van der Waals surface area contributed by atoms with Crippen molar-refractivity contribution < 1.29 is 4.79 Å². The molecule has 1 heterocycles. The summed E-state index contributed by atoms with van der Waals surface area (Å²) in [5.74, 6) is -0.154. The Bertz CT molecular complexity index is 603. The van der Waals surface area contributed by atoms with Crippen LogP contribution in [0.25, 0.3) is 0 Å². The number of carbonyl (C=O) groups excluding carboxylic acids is 1. The monoisotopic (exact) mass is 274 g/mol. The van der Waals surface area contributed by atoms with Crippen molar-refractivity contribution in [3.8, 4) is 0 Å². The lowest BCUT2D eigenvalue weighted by Crippen LogP contribution is -2.25. The van der Waals surface area contributed by atoms with Crippen LogP contribution in [0.4, 0.5) is 0 Å². The van der Waals surface area contributed by atoms with Gasteiger partial charge in [-0.25, -0.2) is 0 Å². The Balaban J connectivity index is 1.97. The first-order valence-electron chi connectivity index (χ1n) is 5.73. The minimum Gasteiger partial charge on any atom is -0.389 e. The molecule has 6 heteroatoms. The number of nitrogens with two attached hydrogens (primary N) is 1. The van der Waals surface area contributed by atoms with Crippen LogP contribution >= 0.6 is 12.2 Å². The van der Waals surface area contributed by atoms with E-state index < -0.39 is 0 Å². The molecule has 0 radical (unpaired) electrons. The molecule has 0 aliphatic heterocycles. The Morgan fingerprint density at radius 1 is 1.37 bits per heavy atom. The molecule has 5 nitrogen and oxygen atoms in total. The third kappa shape index (κ3) is 3.17. The molecule has 1 amide bonds. The maximum Gasteiger partial charge on any atom is 0.269 e. The number of nitrogens with one attached hydrogen (secondary N) is 1. The Morgan fingerprint density at radius 2 is 2.05 bits per heavy atom. The molecular weight excluding hydrogens is 260 g/mol. The van der Waals surface area contributed by atoms with Gasteiger partial charge in [-0.2, -0.15) is 5.10 Å². The Hall–Kier alpha value is -2.21. The Morgan fingerprint density at radius 3 is 2.58 bits per heavy atom. The van der Waals surface area contributed by atoms with Gasteiger partial charge >= 0.3 is 0 Å². The van der Waals surface area contributed by atoms with Crippen molar-refractivity contribution in [2.75, 3.05) is 0 Å². The molecule has 0 saturated heterocycles. The fraction of sp³-hybridized carbons (Fsp3) is 0.154. The van der Waals surface area contributed by atoms with E-state index in [9.17, 15) is 4.79 Å². The Kier molecular flexibility index (Phi) is 3.91. The number of rotatable bonds is 4. The van der Waals surface area contributed by atoms with Crippen LogP contribution in [0.3, 0.4) is 0 Å². The first kappa shape index (κ1) is 13.2. The molecule has 3 N–H and O–H groups in total. The molecule has 1 aromatic heterocycles. The van der Waals surface area contributed by atoms with E-state index in [1.165, 1.54) is 4.68 Å². The zero-order chi connectivity index (χ0) is 13.8. The highest BCUT2D eigenvalue weighted by Crippen LogP contribution is 2.05. The van der Waals surface area contributed by atoms with Crippen LogP contribution in [0.5, 0.6) is 0 Å². The summed E-state index contributed by atoms with van der Waals surface area (Å²) in [5.41, 5.74) is 7.84. The molecule has 1 aromatic carbocycles. The highest BCUT2D eigenvalue weighted by atomic mass is 32.1. The number of benzene rings is 1. The molecule has 0 spiro atoms. The SMILES string of the molecule is Cn1nccc1C(=O)NCc1ccc(C(N)=S)cc1. The van der Waals surface area contributed by atoms with Crippen molar-refractivity contribution in [3.05, 3.63) is 53.3 Å². The molecule has 0 fully saturated rings. The fourth-order valence-corrected chi connectivity index (χ4v) is 1.79. The van der Waals surface area contributed by atoms with Crippen LogP contribution in [0, 0.1) is 0 Å². The summed E-state index contributed by atoms with van der Waals surface area (Å²) in [7, 11) is 1.73. The maximum atomic E-state index is 11.9. The topological polar surface area (TPSA) is 72.9 Å². The maximum absolute atomic E-state index is 11.9. The number of aryl methyl sites for hydroxylation is 1. The summed E-state index contributed by atoms with van der Waals surface area (Å²) in [5, 5.41) is 6.78. The summed E-state index contributed by atoms with van der Waals surface area (Å²) in [4.78, 5) is 12.2. The minimum atomic E-state index is -0.154. The number of aromatic nitrogens is 2. The number of hydrogen-bond donors (Lipinski definition) is 2. The van der Waals surface area contributed by atoms with Crippen LogP contribution in [0.1, 0.15) is 21.6 Å². The highest BCUT2D eigenvalue weighted by Gasteiger charge is 2.08. The van der Waals surface area contributed by atoms with E-state index in [0.29, 0.717) is 17.2 Å². The quantitative estimate of drug-likeness (QED) is 0.815. The highest BCUT2D eigenvalue weighted by molar-refractivity contribution is 7.80. The number of amides is 1. The van der Waals surface area contributed by atoms with E-state index in [2.05, 4.69) is 10.4 Å². The lowest BCUT2D eigenvalue weighted by molar-refractivity contribution is 0.0941. The van der Waals surface area contributed by atoms with Gasteiger partial charge in [-0.15, -0.1) is 0 Å². The van der Waals surface area contributed by atoms with Crippen LogP contribution in [0.15, 0.2) is 36.5 Å². The molecule has 0 bridgehead atoms. The normalized spacial score (nSPS) is 10.2. The van der Waals surface area contributed by atoms with Crippen LogP contribution < -0.4 is 11.1 Å². The third-order valence-corrected chi connectivity index (χ3v) is 2.98. The molecule has 2 aromatic rings. The number of carbonyl (C=O) groups is 1. The van der Waals surface area contributed by atoms with Crippen molar-refractivity contribution in [2.24, 2.45) is 12.8 Å². The van der Waals surface area contributed by atoms with Gasteiger partial charge < -0.3 is 11.1 Å². The van der Waals surface area contributed by atoms with E-state index >= 15 is 0 Å². The van der Waals surface area contributed by atoms with E-state index in [4.69, 9.17) is 18.0 Å². The smallest absolute Gasteiger partial charge is 0.269 e. The Labute approximate surface area is 116 Å². The minimum absolute atomic E-state index is 0.154. The number of thiocarbonyl (C=S) groups is 1. The molecule has 0 saturated carbocycles. The first-order valence-corrected chi connectivity index (χ1v) is 6.13. The molecule has 19 heavy (non-hydrogen) atoms. The zero-order valence-corrected chi connectivity index (χ0v) is 11.3. The van der Waals surface area contributed by atoms with Gasteiger partial charge in [0.2, 0.25) is 0 Å². The van der Waals surface area contributed by atoms with Gasteiger partial charge in [0, 0.05) is 25.4 Å². The lowest BCUT2D eigenvalue weighted by Gasteiger charge is -2.06. The zero-order valence-electron chi connectivity index (χ0n) is 10.5. The van der Waals surface area contributed by atoms with E-state index in [-0.39, 0.29) is 5.91 Å². The molecule has 0 aliphatic rings. The van der Waals surface area contributed by atoms with E-state index in [1.807, 2.05) is 24.3 Å². The fourth-order valence-electron chi connectivity index (χ4n) is 1.66. The van der Waals surface area contributed by atoms with Crippen LogP contribution in [-0.2, 0) is 13.6 Å². The second-order valence-corrected chi connectivity index (χ2v) is 4.52. The average Bonchev–Trinajstić information content (AvgIpc) is 2.83. The number of nitrogens with zero attached hydrogens (tertiary/aromatic N) is 2. The van der Waals surface area contributed by atoms with Gasteiger partial charge in [-0.1, -0.05) is 36.5 Å². The summed E-state index contributed by atoms with van der Waals surface area (Å²) in [6.45, 7) is 0.446. The average molecular weight is 274 g/mol. The summed E-state index contributed by atoms with van der Waals surface area (Å²) >= 11 is 4.88. The predicted molar refractivity (Wildman–Crippen MR) is 76.7 cm³/mol. The summed E-state index contributed by atoms with van der Waals surface area (Å²) < 4.78 is 1.53. The number of hydrogen-bond acceptors (Lipinski definition) is 3. The molecule has 98 valence electrons. The third-order valence-electron chi connectivity index (χ3n) is 2.75. The van der Waals surface area contributed by atoms with Crippen LogP contribution in [0.2, 0.25) is 0 Å². The molecule has 0 atom stereocenters. The van der Waals surface area contributed by atoms with Gasteiger partial charge in [0.15, 0.2) is 0 Å². The van der Waals surface area contributed by atoms with Crippen molar-refractivity contribution in [3.63, 3.8) is 0 Å². The van der Waals surface area contributed by atoms with Crippen molar-refractivity contribution >= 4 is 23.1 Å². The standard InChI is InChI=1S/C13H14N4OS/c1-17-11(6-7-16-17)13(18)15-8-9-2-4-10(5-3-9)12(14)19/h2-7H,8H2,1H3,(H2,14,19)(H,15,18). The molecular formula is C13H14N4OS. The largest absolute Gasteiger partial charge is 0.389 e. The van der Waals surface area contributed by atoms with Gasteiger partial charge in [0.25, 0.3) is 5.91 Å². The second kappa shape index (κ2) is 5.62. The lowest BCUT2D eigenvalue weighted by atomic mass is 10.1. The van der Waals surface area contributed by atoms with Crippen molar-refractivity contribution in [2.45, 2.75) is 6.54 Å². The molecule has 0 aliphatic carbocycles. The molecule has 2 rings (SSSR count). The predicted octanol–water partition coefficient (Wildman–Crippen LogP) is 0.984. The summed E-state index contributed by atoms with van der Waals surface area (Å²) in [6.07, 6.45) is 1.59. The summed E-state index contributed by atoms with van der Waals surface area (Å²) in [6, 6.07) is 9.13. The van der Waals surface area contributed by atoms with Gasteiger partial charge in [0.05, 0.1) is 0 Å². The second-order valence-electron chi connectivity index (χ2n) is 4.08. The van der Waals surface area contributed by atoms with Crippen molar-refractivity contribution in [1.29, 1.82) is 0 Å². The van der Waals surface area contributed by atoms with Crippen molar-refractivity contribution in [1.82, 2.24) is 15.1 Å². The van der Waals surface area contributed by atoms with Gasteiger partial charge in [-0.3, -0.25) is 9.48 Å². The van der Waals surface area contributed by atoms with Gasteiger partial charge in [0.1, 0.15) is 10.7 Å². The van der Waals surface area contributed by atoms with E-state index in [0.717, 1.165) is 11.1 Å². The first-order chi connectivity index (χ1) is 9.08. The molecule has 0 unspecified atom stereocenters. The van der Waals surface area contributed by atoms with Crippen LogP contribution in [-0.4, -0.2) is 20.7 Å². The van der Waals surface area contributed by atoms with Gasteiger partial charge in [-0.05, 0) is 11.6 Å². The van der Waals surface area contributed by atoms with E-state index in [1.54, 1.807) is 19.3 Å².